The molecule has 1 aliphatic carbocycles. The second-order valence-electron chi connectivity index (χ2n) is 5.28. The van der Waals surface area contributed by atoms with Crippen molar-refractivity contribution >= 4 is 0 Å². The van der Waals surface area contributed by atoms with Crippen molar-refractivity contribution in [1.82, 2.24) is 9.97 Å². The van der Waals surface area contributed by atoms with Gasteiger partial charge in [-0.15, -0.1) is 0 Å². The lowest BCUT2D eigenvalue weighted by Crippen LogP contribution is -2.17. The van der Waals surface area contributed by atoms with Crippen LogP contribution < -0.4 is 0 Å². The summed E-state index contributed by atoms with van der Waals surface area (Å²) in [5, 5.41) is 0. The zero-order valence-electron chi connectivity index (χ0n) is 12.1. The number of rotatable bonds is 5. The maximum atomic E-state index is 5.26. The third-order valence-electron chi connectivity index (χ3n) is 4.09. The third-order valence-corrected chi connectivity index (χ3v) is 4.09. The van der Waals surface area contributed by atoms with Crippen LogP contribution in [0.25, 0.3) is 0 Å². The summed E-state index contributed by atoms with van der Waals surface area (Å²) in [6.45, 7) is 2.27. The molecule has 0 saturated heterocycles. The molecule has 0 bridgehead atoms. The van der Waals surface area contributed by atoms with Gasteiger partial charge < -0.3 is 9.47 Å². The van der Waals surface area contributed by atoms with Gasteiger partial charge in [0.15, 0.2) is 0 Å². The Morgan fingerprint density at radius 2 is 2.11 bits per heavy atom. The predicted octanol–water partition coefficient (Wildman–Crippen LogP) is 3.45. The van der Waals surface area contributed by atoms with Gasteiger partial charge in [0.2, 0.25) is 6.29 Å². The first kappa shape index (κ1) is 14.4. The van der Waals surface area contributed by atoms with Gasteiger partial charge in [0, 0.05) is 26.3 Å². The van der Waals surface area contributed by atoms with Crippen LogP contribution in [0.15, 0.2) is 12.3 Å². The van der Waals surface area contributed by atoms with Crippen molar-refractivity contribution in [2.75, 3.05) is 14.2 Å². The summed E-state index contributed by atoms with van der Waals surface area (Å²) in [5.41, 5.74) is 0.814. The fourth-order valence-corrected chi connectivity index (χ4v) is 2.95. The van der Waals surface area contributed by atoms with E-state index in [2.05, 4.69) is 16.9 Å². The lowest BCUT2D eigenvalue weighted by atomic mass is 9.80. The van der Waals surface area contributed by atoms with Gasteiger partial charge in [0.05, 0.1) is 5.69 Å². The SMILES string of the molecule is CCC1CCCC(c2nccc(C(OC)OC)n2)C1. The van der Waals surface area contributed by atoms with E-state index < -0.39 is 6.29 Å². The van der Waals surface area contributed by atoms with E-state index in [-0.39, 0.29) is 0 Å². The highest BCUT2D eigenvalue weighted by molar-refractivity contribution is 5.08. The highest BCUT2D eigenvalue weighted by atomic mass is 16.7. The molecule has 0 N–H and O–H groups in total. The Bertz CT molecular complexity index is 393. The number of ether oxygens (including phenoxy) is 2. The minimum absolute atomic E-state index is 0.396. The second-order valence-corrected chi connectivity index (χ2v) is 5.28. The van der Waals surface area contributed by atoms with Crippen LogP contribution in [0.1, 0.15) is 62.8 Å². The maximum absolute atomic E-state index is 5.26. The zero-order valence-corrected chi connectivity index (χ0v) is 12.1. The molecule has 4 heteroatoms. The van der Waals surface area contributed by atoms with E-state index in [1.165, 1.54) is 32.1 Å². The van der Waals surface area contributed by atoms with Crippen LogP contribution in [-0.2, 0) is 9.47 Å². The fourth-order valence-electron chi connectivity index (χ4n) is 2.95. The molecule has 1 aliphatic rings. The fraction of sp³-hybridized carbons (Fsp3) is 0.733. The quantitative estimate of drug-likeness (QED) is 0.764. The molecule has 0 aromatic carbocycles. The predicted molar refractivity (Wildman–Crippen MR) is 73.8 cm³/mol. The van der Waals surface area contributed by atoms with Gasteiger partial charge in [-0.3, -0.25) is 0 Å². The molecule has 1 heterocycles. The molecular weight excluding hydrogens is 240 g/mol. The van der Waals surface area contributed by atoms with E-state index in [1.54, 1.807) is 14.2 Å². The van der Waals surface area contributed by atoms with E-state index in [9.17, 15) is 0 Å². The lowest BCUT2D eigenvalue weighted by Gasteiger charge is -2.27. The zero-order chi connectivity index (χ0) is 13.7. The molecule has 1 fully saturated rings. The highest BCUT2D eigenvalue weighted by Crippen LogP contribution is 2.36. The molecule has 2 atom stereocenters. The molecule has 1 aromatic rings. The van der Waals surface area contributed by atoms with Crippen LogP contribution in [0.2, 0.25) is 0 Å². The summed E-state index contributed by atoms with van der Waals surface area (Å²) in [7, 11) is 3.26. The molecular formula is C15H24N2O2. The van der Waals surface area contributed by atoms with Crippen molar-refractivity contribution in [3.63, 3.8) is 0 Å². The molecule has 2 rings (SSSR count). The van der Waals surface area contributed by atoms with Crippen molar-refractivity contribution in [2.24, 2.45) is 5.92 Å². The highest BCUT2D eigenvalue weighted by Gasteiger charge is 2.24. The van der Waals surface area contributed by atoms with Crippen LogP contribution in [0.5, 0.6) is 0 Å². The first-order valence-corrected chi connectivity index (χ1v) is 7.16. The number of aromatic nitrogens is 2. The summed E-state index contributed by atoms with van der Waals surface area (Å²) in [5.74, 6) is 2.27. The molecule has 106 valence electrons. The molecule has 19 heavy (non-hydrogen) atoms. The topological polar surface area (TPSA) is 44.2 Å². The standard InChI is InChI=1S/C15H24N2O2/c1-4-11-6-5-7-12(10-11)14-16-9-8-13(17-14)15(18-2)19-3/h8-9,11-12,15H,4-7,10H2,1-3H3. The number of hydrogen-bond donors (Lipinski definition) is 0. The summed E-state index contributed by atoms with van der Waals surface area (Å²) < 4.78 is 10.5. The number of hydrogen-bond acceptors (Lipinski definition) is 4. The molecule has 0 radical (unpaired) electrons. The van der Waals surface area contributed by atoms with Crippen LogP contribution in [0.4, 0.5) is 0 Å². The van der Waals surface area contributed by atoms with Gasteiger partial charge in [0.1, 0.15) is 5.82 Å². The Morgan fingerprint density at radius 3 is 2.79 bits per heavy atom. The van der Waals surface area contributed by atoms with Gasteiger partial charge in [0.25, 0.3) is 0 Å². The Kier molecular flexibility index (Phi) is 5.28. The monoisotopic (exact) mass is 264 g/mol. The van der Waals surface area contributed by atoms with Crippen LogP contribution >= 0.6 is 0 Å². The average Bonchev–Trinajstić information content (AvgIpc) is 2.49. The molecule has 1 aromatic heterocycles. The van der Waals surface area contributed by atoms with E-state index in [0.29, 0.717) is 5.92 Å². The Labute approximate surface area is 115 Å². The Hall–Kier alpha value is -1.00. The number of methoxy groups -OCH3 is 2. The maximum Gasteiger partial charge on any atom is 0.200 e. The molecule has 1 saturated carbocycles. The normalized spacial score (nSPS) is 23.8. The molecule has 2 unspecified atom stereocenters. The molecule has 4 nitrogen and oxygen atoms in total. The Morgan fingerprint density at radius 1 is 1.32 bits per heavy atom. The lowest BCUT2D eigenvalue weighted by molar-refractivity contribution is -0.108. The smallest absolute Gasteiger partial charge is 0.200 e. The largest absolute Gasteiger partial charge is 0.350 e. The van der Waals surface area contributed by atoms with Gasteiger partial charge in [-0.1, -0.05) is 26.2 Å². The summed E-state index contributed by atoms with van der Waals surface area (Å²) in [6, 6.07) is 1.86. The van der Waals surface area contributed by atoms with Crippen LogP contribution in [0, 0.1) is 5.92 Å². The van der Waals surface area contributed by atoms with Crippen molar-refractivity contribution in [3.8, 4) is 0 Å². The first-order valence-electron chi connectivity index (χ1n) is 7.16. The van der Waals surface area contributed by atoms with Crippen molar-refractivity contribution < 1.29 is 9.47 Å². The average molecular weight is 264 g/mol. The van der Waals surface area contributed by atoms with Crippen LogP contribution in [0.3, 0.4) is 0 Å². The number of nitrogens with zero attached hydrogens (tertiary/aromatic N) is 2. The van der Waals surface area contributed by atoms with Gasteiger partial charge in [-0.25, -0.2) is 9.97 Å². The van der Waals surface area contributed by atoms with Crippen molar-refractivity contribution in [1.29, 1.82) is 0 Å². The van der Waals surface area contributed by atoms with Crippen molar-refractivity contribution in [2.45, 2.75) is 51.2 Å². The minimum atomic E-state index is -0.396. The first-order chi connectivity index (χ1) is 9.28. The van der Waals surface area contributed by atoms with E-state index in [1.807, 2.05) is 12.3 Å². The molecule has 0 aliphatic heterocycles. The van der Waals surface area contributed by atoms with Crippen molar-refractivity contribution in [3.05, 3.63) is 23.8 Å². The summed E-state index contributed by atoms with van der Waals surface area (Å²) >= 11 is 0. The van der Waals surface area contributed by atoms with Gasteiger partial charge >= 0.3 is 0 Å². The third kappa shape index (κ3) is 3.51. The second kappa shape index (κ2) is 6.96. The van der Waals surface area contributed by atoms with Crippen LogP contribution in [-0.4, -0.2) is 24.2 Å². The van der Waals surface area contributed by atoms with Gasteiger partial charge in [-0.2, -0.15) is 0 Å². The van der Waals surface area contributed by atoms with Gasteiger partial charge in [-0.05, 0) is 24.8 Å². The summed E-state index contributed by atoms with van der Waals surface area (Å²) in [6.07, 6.45) is 7.73. The summed E-state index contributed by atoms with van der Waals surface area (Å²) in [4.78, 5) is 9.11. The van der Waals surface area contributed by atoms with E-state index in [4.69, 9.17) is 9.47 Å². The molecule has 0 amide bonds. The Balaban J connectivity index is 2.13. The minimum Gasteiger partial charge on any atom is -0.350 e. The van der Waals surface area contributed by atoms with E-state index in [0.717, 1.165) is 17.4 Å². The molecule has 0 spiro atoms. The van der Waals surface area contributed by atoms with E-state index >= 15 is 0 Å².